The minimum Gasteiger partial charge on any atom is -0.493 e. The normalized spacial score (nSPS) is 12.2. The van der Waals surface area contributed by atoms with Crippen molar-refractivity contribution in [3.63, 3.8) is 0 Å². The molecule has 0 saturated heterocycles. The van der Waals surface area contributed by atoms with Crippen LogP contribution >= 0.6 is 0 Å². The number of methoxy groups -OCH3 is 2. The smallest absolute Gasteiger partial charge is 0.161 e. The van der Waals surface area contributed by atoms with Crippen molar-refractivity contribution >= 4 is 0 Å². The summed E-state index contributed by atoms with van der Waals surface area (Å²) in [6, 6.07) is 6.05. The van der Waals surface area contributed by atoms with Crippen LogP contribution in [0.5, 0.6) is 11.5 Å². The van der Waals surface area contributed by atoms with Crippen LogP contribution in [0.2, 0.25) is 0 Å². The molecular formula is C16H27NO4. The Hall–Kier alpha value is -1.30. The summed E-state index contributed by atoms with van der Waals surface area (Å²) >= 11 is 0. The van der Waals surface area contributed by atoms with Crippen molar-refractivity contribution < 1.29 is 18.9 Å². The van der Waals surface area contributed by atoms with E-state index in [2.05, 4.69) is 0 Å². The van der Waals surface area contributed by atoms with Crippen LogP contribution in [0.25, 0.3) is 0 Å². The number of benzene rings is 1. The Kier molecular flexibility index (Phi) is 8.82. The van der Waals surface area contributed by atoms with E-state index in [1.165, 1.54) is 0 Å². The van der Waals surface area contributed by atoms with E-state index in [0.717, 1.165) is 29.9 Å². The summed E-state index contributed by atoms with van der Waals surface area (Å²) in [5.41, 5.74) is 6.98. The first-order chi connectivity index (χ1) is 10.2. The van der Waals surface area contributed by atoms with Crippen LogP contribution in [-0.2, 0) is 15.9 Å². The molecule has 0 amide bonds. The monoisotopic (exact) mass is 297 g/mol. The van der Waals surface area contributed by atoms with E-state index in [4.69, 9.17) is 24.7 Å². The maximum Gasteiger partial charge on any atom is 0.161 e. The summed E-state index contributed by atoms with van der Waals surface area (Å²) in [4.78, 5) is 0. The van der Waals surface area contributed by atoms with Gasteiger partial charge in [-0.25, -0.2) is 0 Å². The van der Waals surface area contributed by atoms with Crippen molar-refractivity contribution in [3.8, 4) is 11.5 Å². The highest BCUT2D eigenvalue weighted by Crippen LogP contribution is 2.28. The topological polar surface area (TPSA) is 62.9 Å². The molecule has 0 fully saturated rings. The van der Waals surface area contributed by atoms with E-state index in [9.17, 15) is 0 Å². The molecule has 120 valence electrons. The molecule has 1 aromatic rings. The molecule has 0 radical (unpaired) electrons. The van der Waals surface area contributed by atoms with Crippen LogP contribution < -0.4 is 15.2 Å². The largest absolute Gasteiger partial charge is 0.493 e. The molecule has 0 aliphatic carbocycles. The van der Waals surface area contributed by atoms with Crippen molar-refractivity contribution in [1.82, 2.24) is 0 Å². The fraction of sp³-hybridized carbons (Fsp3) is 0.625. The lowest BCUT2D eigenvalue weighted by atomic mass is 10.1. The summed E-state index contributed by atoms with van der Waals surface area (Å²) in [7, 11) is 3.30. The van der Waals surface area contributed by atoms with Gasteiger partial charge in [-0.1, -0.05) is 6.07 Å². The fourth-order valence-corrected chi connectivity index (χ4v) is 1.92. The number of rotatable bonds is 11. The zero-order valence-corrected chi connectivity index (χ0v) is 13.3. The average molecular weight is 297 g/mol. The second-order valence-electron chi connectivity index (χ2n) is 4.97. The van der Waals surface area contributed by atoms with E-state index in [0.29, 0.717) is 26.4 Å². The third kappa shape index (κ3) is 7.32. The summed E-state index contributed by atoms with van der Waals surface area (Å²) in [5, 5.41) is 0. The van der Waals surface area contributed by atoms with Crippen molar-refractivity contribution in [2.75, 3.05) is 40.6 Å². The van der Waals surface area contributed by atoms with Gasteiger partial charge >= 0.3 is 0 Å². The Morgan fingerprint density at radius 1 is 1.05 bits per heavy atom. The molecule has 1 rings (SSSR count). The van der Waals surface area contributed by atoms with Crippen LogP contribution in [-0.4, -0.2) is 46.7 Å². The molecule has 1 atom stereocenters. The van der Waals surface area contributed by atoms with Gasteiger partial charge in [0.15, 0.2) is 11.5 Å². The molecule has 1 unspecified atom stereocenters. The molecule has 0 aliphatic heterocycles. The molecule has 5 heteroatoms. The zero-order chi connectivity index (χ0) is 15.5. The second kappa shape index (κ2) is 10.4. The van der Waals surface area contributed by atoms with Crippen LogP contribution in [0.3, 0.4) is 0 Å². The number of hydrogen-bond donors (Lipinski definition) is 1. The minimum absolute atomic E-state index is 0.125. The van der Waals surface area contributed by atoms with E-state index >= 15 is 0 Å². The predicted octanol–water partition coefficient (Wildman–Crippen LogP) is 2.02. The Bertz CT molecular complexity index is 396. The molecule has 0 bridgehead atoms. The Labute approximate surface area is 127 Å². The first-order valence-corrected chi connectivity index (χ1v) is 7.29. The molecule has 0 heterocycles. The van der Waals surface area contributed by atoms with Crippen LogP contribution in [0.1, 0.15) is 18.9 Å². The van der Waals surface area contributed by atoms with E-state index in [-0.39, 0.29) is 6.04 Å². The van der Waals surface area contributed by atoms with Crippen LogP contribution in [0.4, 0.5) is 0 Å². The van der Waals surface area contributed by atoms with Crippen molar-refractivity contribution in [2.45, 2.75) is 25.8 Å². The molecule has 0 saturated carbocycles. The van der Waals surface area contributed by atoms with Gasteiger partial charge in [-0.3, -0.25) is 0 Å². The maximum atomic E-state index is 5.83. The second-order valence-corrected chi connectivity index (χ2v) is 4.97. The molecular weight excluding hydrogens is 270 g/mol. The van der Waals surface area contributed by atoms with E-state index in [1.807, 2.05) is 25.1 Å². The van der Waals surface area contributed by atoms with Crippen LogP contribution in [0, 0.1) is 0 Å². The molecule has 0 aliphatic rings. The molecule has 5 nitrogen and oxygen atoms in total. The van der Waals surface area contributed by atoms with Gasteiger partial charge in [-0.15, -0.1) is 0 Å². The number of ether oxygens (including phenoxy) is 4. The van der Waals surface area contributed by atoms with Gasteiger partial charge in [0, 0.05) is 26.2 Å². The Balaban J connectivity index is 2.41. The Morgan fingerprint density at radius 2 is 1.86 bits per heavy atom. The van der Waals surface area contributed by atoms with Crippen molar-refractivity contribution in [2.24, 2.45) is 5.73 Å². The average Bonchev–Trinajstić information content (AvgIpc) is 2.46. The van der Waals surface area contributed by atoms with Gasteiger partial charge in [-0.2, -0.15) is 0 Å². The van der Waals surface area contributed by atoms with Gasteiger partial charge in [0.05, 0.1) is 26.9 Å². The standard InChI is InChI=1S/C16H27NO4/c1-13(17)11-14-5-6-15(19-3)16(12-14)21-8-4-7-20-10-9-18-2/h5-6,12-13H,4,7-11,17H2,1-3H3. The molecule has 21 heavy (non-hydrogen) atoms. The summed E-state index contributed by atoms with van der Waals surface area (Å²) in [5.74, 6) is 1.50. The molecule has 0 spiro atoms. The molecule has 2 N–H and O–H groups in total. The fourth-order valence-electron chi connectivity index (χ4n) is 1.92. The third-order valence-corrected chi connectivity index (χ3v) is 2.91. The predicted molar refractivity (Wildman–Crippen MR) is 83.2 cm³/mol. The first-order valence-electron chi connectivity index (χ1n) is 7.29. The summed E-state index contributed by atoms with van der Waals surface area (Å²) < 4.78 is 21.4. The SMILES string of the molecule is COCCOCCCOc1cc(CC(C)N)ccc1OC. The summed E-state index contributed by atoms with van der Waals surface area (Å²) in [6.45, 7) is 4.47. The lowest BCUT2D eigenvalue weighted by Crippen LogP contribution is -2.17. The van der Waals surface area contributed by atoms with E-state index in [1.54, 1.807) is 14.2 Å². The van der Waals surface area contributed by atoms with Crippen molar-refractivity contribution in [1.29, 1.82) is 0 Å². The highest BCUT2D eigenvalue weighted by molar-refractivity contribution is 5.43. The highest BCUT2D eigenvalue weighted by Gasteiger charge is 2.07. The highest BCUT2D eigenvalue weighted by atomic mass is 16.5. The van der Waals surface area contributed by atoms with Gasteiger partial charge < -0.3 is 24.7 Å². The first kappa shape index (κ1) is 17.8. The number of hydrogen-bond acceptors (Lipinski definition) is 5. The van der Waals surface area contributed by atoms with Crippen molar-refractivity contribution in [3.05, 3.63) is 23.8 Å². The van der Waals surface area contributed by atoms with Gasteiger partial charge in [0.1, 0.15) is 0 Å². The van der Waals surface area contributed by atoms with Gasteiger partial charge in [-0.05, 0) is 31.0 Å². The lowest BCUT2D eigenvalue weighted by Gasteiger charge is -2.13. The van der Waals surface area contributed by atoms with Crippen LogP contribution in [0.15, 0.2) is 18.2 Å². The lowest BCUT2D eigenvalue weighted by molar-refractivity contribution is 0.0643. The van der Waals surface area contributed by atoms with E-state index < -0.39 is 0 Å². The minimum atomic E-state index is 0.125. The number of nitrogens with two attached hydrogens (primary N) is 1. The third-order valence-electron chi connectivity index (χ3n) is 2.91. The molecule has 0 aromatic heterocycles. The molecule has 1 aromatic carbocycles. The van der Waals surface area contributed by atoms with Gasteiger partial charge in [0.2, 0.25) is 0 Å². The Morgan fingerprint density at radius 3 is 2.52 bits per heavy atom. The zero-order valence-electron chi connectivity index (χ0n) is 13.3. The summed E-state index contributed by atoms with van der Waals surface area (Å²) in [6.07, 6.45) is 1.64. The van der Waals surface area contributed by atoms with Gasteiger partial charge in [0.25, 0.3) is 0 Å². The quantitative estimate of drug-likeness (QED) is 0.633. The maximum absolute atomic E-state index is 5.83.